The normalized spacial score (nSPS) is 11.4. The van der Waals surface area contributed by atoms with E-state index in [0.29, 0.717) is 0 Å². The van der Waals surface area contributed by atoms with E-state index in [0.717, 1.165) is 12.1 Å². The fourth-order valence-corrected chi connectivity index (χ4v) is 1.84. The molecule has 2 aromatic rings. The molecular weight excluding hydrogens is 319 g/mol. The van der Waals surface area contributed by atoms with Gasteiger partial charge in [-0.3, -0.25) is 14.9 Å². The Morgan fingerprint density at radius 3 is 2.42 bits per heavy atom. The lowest BCUT2D eigenvalue weighted by atomic mass is 10.2. The zero-order valence-electron chi connectivity index (χ0n) is 12.6. The maximum absolute atomic E-state index is 12.8. The number of nitro benzene ring substituents is 1. The monoisotopic (exact) mass is 332 g/mol. The van der Waals surface area contributed by atoms with Crippen molar-refractivity contribution in [3.05, 3.63) is 70.0 Å². The van der Waals surface area contributed by atoms with Gasteiger partial charge in [-0.1, -0.05) is 12.1 Å². The number of rotatable bonds is 5. The van der Waals surface area contributed by atoms with Gasteiger partial charge >= 0.3 is 5.97 Å². The standard InChI is InChI=1S/C16H13FN2O5/c1-10(24-16(21)11-6-8-12(17)9-7-11)15(20)18-13-4-2-3-5-14(13)19(22)23/h2-10H,1H3,(H,18,20)/t10-/m0/s1. The van der Waals surface area contributed by atoms with Crippen molar-refractivity contribution < 1.29 is 23.6 Å². The van der Waals surface area contributed by atoms with Crippen molar-refractivity contribution >= 4 is 23.3 Å². The number of amides is 1. The van der Waals surface area contributed by atoms with Gasteiger partial charge in [0.05, 0.1) is 10.5 Å². The van der Waals surface area contributed by atoms with Crippen molar-refractivity contribution in [1.82, 2.24) is 0 Å². The Hall–Kier alpha value is -3.29. The van der Waals surface area contributed by atoms with E-state index < -0.39 is 28.7 Å². The summed E-state index contributed by atoms with van der Waals surface area (Å²) in [5.74, 6) is -2.03. The lowest BCUT2D eigenvalue weighted by molar-refractivity contribution is -0.383. The first kappa shape index (κ1) is 17.1. The molecule has 1 atom stereocenters. The molecule has 7 nitrogen and oxygen atoms in total. The van der Waals surface area contributed by atoms with Crippen LogP contribution < -0.4 is 5.32 Å². The SMILES string of the molecule is C[C@H](OC(=O)c1ccc(F)cc1)C(=O)Nc1ccccc1[N+](=O)[O-]. The van der Waals surface area contributed by atoms with Gasteiger partial charge in [-0.15, -0.1) is 0 Å². The third kappa shape index (κ3) is 4.13. The van der Waals surface area contributed by atoms with Gasteiger partial charge in [-0.25, -0.2) is 9.18 Å². The summed E-state index contributed by atoms with van der Waals surface area (Å²) in [4.78, 5) is 34.2. The van der Waals surface area contributed by atoms with E-state index in [1.807, 2.05) is 0 Å². The molecule has 0 saturated heterocycles. The number of nitro groups is 1. The average molecular weight is 332 g/mol. The fourth-order valence-electron chi connectivity index (χ4n) is 1.84. The number of hydrogen-bond acceptors (Lipinski definition) is 5. The summed E-state index contributed by atoms with van der Waals surface area (Å²) in [5.41, 5.74) is -0.193. The third-order valence-electron chi connectivity index (χ3n) is 3.09. The summed E-state index contributed by atoms with van der Waals surface area (Å²) in [6.45, 7) is 1.32. The van der Waals surface area contributed by atoms with Crippen LogP contribution in [0.1, 0.15) is 17.3 Å². The Morgan fingerprint density at radius 1 is 1.17 bits per heavy atom. The number of ether oxygens (including phenoxy) is 1. The molecule has 1 amide bonds. The summed E-state index contributed by atoms with van der Waals surface area (Å²) in [6, 6.07) is 10.2. The largest absolute Gasteiger partial charge is 0.449 e. The van der Waals surface area contributed by atoms with Gasteiger partial charge in [-0.2, -0.15) is 0 Å². The molecule has 1 N–H and O–H groups in total. The number of carbonyl (C=O) groups is 2. The molecule has 2 rings (SSSR count). The predicted octanol–water partition coefficient (Wildman–Crippen LogP) is 2.92. The molecule has 0 fully saturated rings. The number of esters is 1. The first-order valence-electron chi connectivity index (χ1n) is 6.89. The number of hydrogen-bond donors (Lipinski definition) is 1. The van der Waals surface area contributed by atoms with Crippen LogP contribution in [0.15, 0.2) is 48.5 Å². The minimum absolute atomic E-state index is 0.00261. The van der Waals surface area contributed by atoms with E-state index in [1.54, 1.807) is 0 Å². The fraction of sp³-hybridized carbons (Fsp3) is 0.125. The Kier molecular flexibility index (Phi) is 5.20. The number of carbonyl (C=O) groups excluding carboxylic acids is 2. The average Bonchev–Trinajstić information content (AvgIpc) is 2.55. The van der Waals surface area contributed by atoms with Crippen molar-refractivity contribution in [3.8, 4) is 0 Å². The second kappa shape index (κ2) is 7.32. The quantitative estimate of drug-likeness (QED) is 0.515. The minimum Gasteiger partial charge on any atom is -0.449 e. The highest BCUT2D eigenvalue weighted by Gasteiger charge is 2.22. The van der Waals surface area contributed by atoms with Gasteiger partial charge in [0, 0.05) is 6.07 Å². The van der Waals surface area contributed by atoms with E-state index in [9.17, 15) is 24.1 Å². The Bertz CT molecular complexity index is 776. The molecule has 124 valence electrons. The first-order valence-corrected chi connectivity index (χ1v) is 6.89. The van der Waals surface area contributed by atoms with Crippen LogP contribution >= 0.6 is 0 Å². The highest BCUT2D eigenvalue weighted by Crippen LogP contribution is 2.23. The molecule has 0 bridgehead atoms. The molecule has 0 aliphatic rings. The van der Waals surface area contributed by atoms with E-state index in [-0.39, 0.29) is 16.9 Å². The van der Waals surface area contributed by atoms with Crippen LogP contribution in [0.4, 0.5) is 15.8 Å². The number of nitrogens with zero attached hydrogens (tertiary/aromatic N) is 1. The van der Waals surface area contributed by atoms with Gasteiger partial charge in [-0.05, 0) is 37.3 Å². The maximum Gasteiger partial charge on any atom is 0.338 e. The Labute approximate surface area is 136 Å². The number of benzene rings is 2. The van der Waals surface area contributed by atoms with Crippen LogP contribution in [0, 0.1) is 15.9 Å². The van der Waals surface area contributed by atoms with E-state index in [4.69, 9.17) is 4.74 Å². The molecular formula is C16H13FN2O5. The minimum atomic E-state index is -1.19. The highest BCUT2D eigenvalue weighted by atomic mass is 19.1. The van der Waals surface area contributed by atoms with Gasteiger partial charge < -0.3 is 10.1 Å². The molecule has 0 saturated carbocycles. The lowest BCUT2D eigenvalue weighted by Crippen LogP contribution is -2.30. The molecule has 8 heteroatoms. The Balaban J connectivity index is 2.04. The topological polar surface area (TPSA) is 98.5 Å². The molecule has 0 aliphatic carbocycles. The zero-order valence-corrected chi connectivity index (χ0v) is 12.6. The van der Waals surface area contributed by atoms with Crippen molar-refractivity contribution in [2.45, 2.75) is 13.0 Å². The maximum atomic E-state index is 12.8. The van der Waals surface area contributed by atoms with Gasteiger partial charge in [0.1, 0.15) is 11.5 Å². The van der Waals surface area contributed by atoms with E-state index in [2.05, 4.69) is 5.32 Å². The molecule has 0 aromatic heterocycles. The second-order valence-corrected chi connectivity index (χ2v) is 4.82. The van der Waals surface area contributed by atoms with Crippen molar-refractivity contribution in [2.24, 2.45) is 0 Å². The van der Waals surface area contributed by atoms with E-state index >= 15 is 0 Å². The van der Waals surface area contributed by atoms with Gasteiger partial charge in [0.25, 0.3) is 11.6 Å². The van der Waals surface area contributed by atoms with Gasteiger partial charge in [0.2, 0.25) is 0 Å². The van der Waals surface area contributed by atoms with Crippen molar-refractivity contribution in [1.29, 1.82) is 0 Å². The van der Waals surface area contributed by atoms with Crippen LogP contribution in [0.3, 0.4) is 0 Å². The lowest BCUT2D eigenvalue weighted by Gasteiger charge is -2.13. The van der Waals surface area contributed by atoms with Crippen LogP contribution in [0.2, 0.25) is 0 Å². The molecule has 24 heavy (non-hydrogen) atoms. The molecule has 0 heterocycles. The molecule has 2 aromatic carbocycles. The Morgan fingerprint density at radius 2 is 1.79 bits per heavy atom. The van der Waals surface area contributed by atoms with Crippen LogP contribution in [0.25, 0.3) is 0 Å². The zero-order chi connectivity index (χ0) is 17.7. The van der Waals surface area contributed by atoms with E-state index in [1.165, 1.54) is 43.3 Å². The second-order valence-electron chi connectivity index (χ2n) is 4.82. The van der Waals surface area contributed by atoms with Crippen molar-refractivity contribution in [3.63, 3.8) is 0 Å². The van der Waals surface area contributed by atoms with Crippen molar-refractivity contribution in [2.75, 3.05) is 5.32 Å². The number of para-hydroxylation sites is 2. The third-order valence-corrected chi connectivity index (χ3v) is 3.09. The van der Waals surface area contributed by atoms with Crippen LogP contribution in [-0.2, 0) is 9.53 Å². The molecule has 0 aliphatic heterocycles. The molecule has 0 radical (unpaired) electrons. The number of anilines is 1. The summed E-state index contributed by atoms with van der Waals surface area (Å²) in [6.07, 6.45) is -1.19. The van der Waals surface area contributed by atoms with Crippen LogP contribution in [-0.4, -0.2) is 22.9 Å². The number of halogens is 1. The summed E-state index contributed by atoms with van der Waals surface area (Å²) in [7, 11) is 0. The molecule has 0 spiro atoms. The number of nitrogens with one attached hydrogen (secondary N) is 1. The van der Waals surface area contributed by atoms with Crippen LogP contribution in [0.5, 0.6) is 0 Å². The smallest absolute Gasteiger partial charge is 0.338 e. The molecule has 0 unspecified atom stereocenters. The predicted molar refractivity (Wildman–Crippen MR) is 83.0 cm³/mol. The first-order chi connectivity index (χ1) is 11.4. The highest BCUT2D eigenvalue weighted by molar-refractivity contribution is 5.98. The summed E-state index contributed by atoms with van der Waals surface area (Å²) >= 11 is 0. The summed E-state index contributed by atoms with van der Waals surface area (Å²) < 4.78 is 17.8. The van der Waals surface area contributed by atoms with Gasteiger partial charge in [0.15, 0.2) is 6.10 Å². The summed E-state index contributed by atoms with van der Waals surface area (Å²) in [5, 5.41) is 13.2.